The van der Waals surface area contributed by atoms with Gasteiger partial charge in [0, 0.05) is 5.92 Å². The summed E-state index contributed by atoms with van der Waals surface area (Å²) >= 11 is 0. The topological polar surface area (TPSA) is 29.5 Å². The molecule has 65 valence electrons. The lowest BCUT2D eigenvalue weighted by molar-refractivity contribution is 0.314. The normalized spacial score (nSPS) is 10.3. The third-order valence-corrected chi connectivity index (χ3v) is 1.80. The molecule has 1 radical (unpaired) electrons. The molecule has 1 rings (SSSR count). The monoisotopic (exact) mass is 165 g/mol. The van der Waals surface area contributed by atoms with Crippen molar-refractivity contribution in [1.29, 1.82) is 0 Å². The molecule has 0 fully saturated rings. The van der Waals surface area contributed by atoms with Crippen LogP contribution in [0.25, 0.3) is 0 Å². The van der Waals surface area contributed by atoms with Crippen LogP contribution < -0.4 is 4.74 Å². The summed E-state index contributed by atoms with van der Waals surface area (Å²) in [5, 5.41) is 8.87. The molecule has 1 N–H and O–H groups in total. The van der Waals surface area contributed by atoms with Gasteiger partial charge in [-0.15, -0.1) is 0 Å². The summed E-state index contributed by atoms with van der Waals surface area (Å²) in [7, 11) is 1.63. The minimum Gasteiger partial charge on any atom is -0.497 e. The van der Waals surface area contributed by atoms with Crippen LogP contribution in [0.15, 0.2) is 24.3 Å². The van der Waals surface area contributed by atoms with E-state index in [-0.39, 0.29) is 6.61 Å². The number of aliphatic hydroxyl groups excluding tert-OH is 1. The van der Waals surface area contributed by atoms with E-state index in [1.165, 1.54) is 0 Å². The van der Waals surface area contributed by atoms with Gasteiger partial charge in [0.25, 0.3) is 0 Å². The number of methoxy groups -OCH3 is 1. The quantitative estimate of drug-likeness (QED) is 0.737. The summed E-state index contributed by atoms with van der Waals surface area (Å²) in [5.74, 6) is 1.77. The van der Waals surface area contributed by atoms with Gasteiger partial charge in [0.15, 0.2) is 0 Å². The van der Waals surface area contributed by atoms with Gasteiger partial charge >= 0.3 is 0 Å². The van der Waals surface area contributed by atoms with Crippen LogP contribution in [0, 0.1) is 5.92 Å². The largest absolute Gasteiger partial charge is 0.497 e. The van der Waals surface area contributed by atoms with Gasteiger partial charge in [-0.25, -0.2) is 0 Å². The molecule has 0 aliphatic rings. The Balaban J connectivity index is 2.86. The van der Waals surface area contributed by atoms with Gasteiger partial charge in [0.1, 0.15) is 5.75 Å². The smallest absolute Gasteiger partial charge is 0.119 e. The average Bonchev–Trinajstić information content (AvgIpc) is 2.17. The Morgan fingerprint density at radius 3 is 2.83 bits per heavy atom. The summed E-state index contributed by atoms with van der Waals surface area (Å²) in [6, 6.07) is 7.65. The first-order valence-corrected chi connectivity index (χ1v) is 3.85. The van der Waals surface area contributed by atoms with E-state index in [2.05, 4.69) is 0 Å². The number of ether oxygens (including phenoxy) is 1. The minimum atomic E-state index is 0.0904. The van der Waals surface area contributed by atoms with Crippen molar-refractivity contribution in [2.75, 3.05) is 13.7 Å². The van der Waals surface area contributed by atoms with E-state index in [0.717, 1.165) is 17.2 Å². The van der Waals surface area contributed by atoms with E-state index in [4.69, 9.17) is 9.84 Å². The van der Waals surface area contributed by atoms with E-state index in [0.29, 0.717) is 0 Å². The van der Waals surface area contributed by atoms with Crippen molar-refractivity contribution in [1.82, 2.24) is 0 Å². The van der Waals surface area contributed by atoms with Crippen LogP contribution in [0.3, 0.4) is 0 Å². The lowest BCUT2D eigenvalue weighted by atomic mass is 10.0. The number of benzene rings is 1. The number of rotatable bonds is 3. The number of hydrogen-bond acceptors (Lipinski definition) is 2. The third kappa shape index (κ3) is 1.98. The zero-order valence-corrected chi connectivity index (χ0v) is 7.37. The van der Waals surface area contributed by atoms with Gasteiger partial charge in [-0.3, -0.25) is 0 Å². The molecule has 0 atom stereocenters. The van der Waals surface area contributed by atoms with Crippen LogP contribution in [0.4, 0.5) is 0 Å². The predicted molar refractivity (Wildman–Crippen MR) is 48.1 cm³/mol. The first kappa shape index (κ1) is 9.07. The Kier molecular flexibility index (Phi) is 3.11. The average molecular weight is 165 g/mol. The zero-order valence-electron chi connectivity index (χ0n) is 7.37. The molecule has 0 bridgehead atoms. The van der Waals surface area contributed by atoms with Gasteiger partial charge in [0.05, 0.1) is 13.7 Å². The maximum atomic E-state index is 8.87. The van der Waals surface area contributed by atoms with E-state index < -0.39 is 0 Å². The molecule has 2 heteroatoms. The zero-order chi connectivity index (χ0) is 8.97. The van der Waals surface area contributed by atoms with Crippen molar-refractivity contribution in [3.05, 3.63) is 35.7 Å². The SMILES string of the molecule is COc1cccc([C](C)CO)c1. The van der Waals surface area contributed by atoms with Crippen molar-refractivity contribution in [3.63, 3.8) is 0 Å². The molecule has 2 nitrogen and oxygen atoms in total. The van der Waals surface area contributed by atoms with Crippen molar-refractivity contribution < 1.29 is 9.84 Å². The summed E-state index contributed by atoms with van der Waals surface area (Å²) in [6.07, 6.45) is 0. The molecule has 0 spiro atoms. The molecule has 0 saturated heterocycles. The fourth-order valence-corrected chi connectivity index (χ4v) is 0.980. The fraction of sp³-hybridized carbons (Fsp3) is 0.300. The van der Waals surface area contributed by atoms with Gasteiger partial charge in [-0.1, -0.05) is 19.1 Å². The van der Waals surface area contributed by atoms with E-state index in [1.54, 1.807) is 7.11 Å². The minimum absolute atomic E-state index is 0.0904. The molecule has 0 aliphatic heterocycles. The van der Waals surface area contributed by atoms with Crippen molar-refractivity contribution in [3.8, 4) is 5.75 Å². The summed E-state index contributed by atoms with van der Waals surface area (Å²) in [6.45, 7) is 1.99. The number of aliphatic hydroxyl groups is 1. The van der Waals surface area contributed by atoms with E-state index in [1.807, 2.05) is 31.2 Å². The Morgan fingerprint density at radius 2 is 2.25 bits per heavy atom. The van der Waals surface area contributed by atoms with Gasteiger partial charge in [0.2, 0.25) is 0 Å². The molecule has 0 aromatic heterocycles. The maximum Gasteiger partial charge on any atom is 0.119 e. The van der Waals surface area contributed by atoms with E-state index >= 15 is 0 Å². The second-order valence-electron chi connectivity index (χ2n) is 2.67. The Bertz CT molecular complexity index is 245. The Morgan fingerprint density at radius 1 is 1.50 bits per heavy atom. The first-order valence-electron chi connectivity index (χ1n) is 3.85. The molecule has 0 amide bonds. The molecule has 1 aromatic carbocycles. The second-order valence-corrected chi connectivity index (χ2v) is 2.67. The van der Waals surface area contributed by atoms with E-state index in [9.17, 15) is 0 Å². The second kappa shape index (κ2) is 4.12. The maximum absolute atomic E-state index is 8.87. The molecule has 0 heterocycles. The summed E-state index contributed by atoms with van der Waals surface area (Å²) in [4.78, 5) is 0. The summed E-state index contributed by atoms with van der Waals surface area (Å²) < 4.78 is 5.05. The van der Waals surface area contributed by atoms with Gasteiger partial charge < -0.3 is 9.84 Å². The van der Waals surface area contributed by atoms with Gasteiger partial charge in [-0.05, 0) is 17.7 Å². The molecular weight excluding hydrogens is 152 g/mol. The highest BCUT2D eigenvalue weighted by Gasteiger charge is 2.04. The molecule has 1 aromatic rings. The van der Waals surface area contributed by atoms with Crippen LogP contribution in [-0.4, -0.2) is 18.8 Å². The van der Waals surface area contributed by atoms with Crippen molar-refractivity contribution in [2.45, 2.75) is 6.92 Å². The molecule has 12 heavy (non-hydrogen) atoms. The molecule has 0 unspecified atom stereocenters. The highest BCUT2D eigenvalue weighted by atomic mass is 16.5. The standard InChI is InChI=1S/C10H13O2/c1-8(7-11)9-4-3-5-10(6-9)12-2/h3-6,11H,7H2,1-2H3. The fourth-order valence-electron chi connectivity index (χ4n) is 0.980. The van der Waals surface area contributed by atoms with Crippen LogP contribution in [-0.2, 0) is 0 Å². The Hall–Kier alpha value is -1.02. The Labute approximate surface area is 72.8 Å². The van der Waals surface area contributed by atoms with Crippen molar-refractivity contribution in [2.24, 2.45) is 0 Å². The third-order valence-electron chi connectivity index (χ3n) is 1.80. The molecule has 0 saturated carbocycles. The first-order chi connectivity index (χ1) is 5.77. The predicted octanol–water partition coefficient (Wildman–Crippen LogP) is 1.63. The summed E-state index contributed by atoms with van der Waals surface area (Å²) in [5.41, 5.74) is 1.02. The highest BCUT2D eigenvalue weighted by Crippen LogP contribution is 2.18. The van der Waals surface area contributed by atoms with Crippen LogP contribution in [0.1, 0.15) is 12.5 Å². The van der Waals surface area contributed by atoms with Crippen LogP contribution in [0.5, 0.6) is 5.75 Å². The molecular formula is C10H13O2. The lowest BCUT2D eigenvalue weighted by Crippen LogP contribution is -1.99. The number of hydrogen-bond donors (Lipinski definition) is 1. The lowest BCUT2D eigenvalue weighted by Gasteiger charge is -2.08. The van der Waals surface area contributed by atoms with Crippen molar-refractivity contribution >= 4 is 0 Å². The van der Waals surface area contributed by atoms with Gasteiger partial charge in [-0.2, -0.15) is 0 Å². The highest BCUT2D eigenvalue weighted by molar-refractivity contribution is 5.36. The molecule has 0 aliphatic carbocycles. The van der Waals surface area contributed by atoms with Crippen LogP contribution >= 0.6 is 0 Å². The van der Waals surface area contributed by atoms with Crippen LogP contribution in [0.2, 0.25) is 0 Å².